The third-order valence-corrected chi connectivity index (χ3v) is 2.97. The number of hydrogen-bond acceptors (Lipinski definition) is 5. The summed E-state index contributed by atoms with van der Waals surface area (Å²) in [6, 6.07) is 7.43. The number of rotatable bonds is 2. The van der Waals surface area contributed by atoms with Gasteiger partial charge in [0, 0.05) is 0 Å². The first-order valence-electron chi connectivity index (χ1n) is 5.66. The highest BCUT2D eigenvalue weighted by Gasteiger charge is 2.10. The molecule has 1 N–H and O–H groups in total. The molecule has 0 aliphatic heterocycles. The number of fused-ring (bicyclic) bond motifs is 1. The van der Waals surface area contributed by atoms with Crippen molar-refractivity contribution in [2.24, 2.45) is 0 Å². The largest absolute Gasteiger partial charge is 0.412 e. The average Bonchev–Trinajstić information content (AvgIpc) is 2.80. The number of H-pyrrole nitrogens is 1. The first kappa shape index (κ1) is 11.8. The molecule has 3 rings (SSSR count). The molecule has 0 amide bonds. The van der Waals surface area contributed by atoms with E-state index in [0.717, 1.165) is 11.0 Å². The van der Waals surface area contributed by atoms with Crippen molar-refractivity contribution in [2.45, 2.75) is 13.5 Å². The van der Waals surface area contributed by atoms with Gasteiger partial charge in [0.2, 0.25) is 5.89 Å². The third kappa shape index (κ3) is 2.08. The third-order valence-electron chi connectivity index (χ3n) is 2.79. The van der Waals surface area contributed by atoms with Crippen molar-refractivity contribution in [2.75, 3.05) is 0 Å². The Kier molecular flexibility index (Phi) is 2.75. The van der Waals surface area contributed by atoms with E-state index >= 15 is 0 Å². The quantitative estimate of drug-likeness (QED) is 0.721. The number of nitrogens with zero attached hydrogens (tertiary/aromatic N) is 3. The number of hydrogen-bond donors (Lipinski definition) is 1. The fourth-order valence-electron chi connectivity index (χ4n) is 1.94. The van der Waals surface area contributed by atoms with Gasteiger partial charge in [-0.15, -0.1) is 5.10 Å². The molecular formula is C12H10N4O2S. The molecule has 0 bridgehead atoms. The van der Waals surface area contributed by atoms with E-state index in [1.54, 1.807) is 11.5 Å². The average molecular weight is 274 g/mol. The number of aryl methyl sites for hydroxylation is 1. The van der Waals surface area contributed by atoms with Crippen LogP contribution in [0, 0.1) is 11.8 Å². The molecule has 0 unspecified atom stereocenters. The Bertz CT molecular complexity index is 862. The molecule has 0 atom stereocenters. The number of benzene rings is 1. The summed E-state index contributed by atoms with van der Waals surface area (Å²) in [7, 11) is 0. The Morgan fingerprint density at radius 3 is 2.95 bits per heavy atom. The lowest BCUT2D eigenvalue weighted by molar-refractivity contribution is 0.466. The van der Waals surface area contributed by atoms with Gasteiger partial charge in [-0.3, -0.25) is 9.36 Å². The first-order valence-corrected chi connectivity index (χ1v) is 6.06. The van der Waals surface area contributed by atoms with Gasteiger partial charge in [0.25, 0.3) is 10.4 Å². The van der Waals surface area contributed by atoms with Crippen LogP contribution < -0.4 is 5.56 Å². The number of para-hydroxylation sites is 2. The molecule has 0 spiro atoms. The lowest BCUT2D eigenvalue weighted by Crippen LogP contribution is -2.24. The maximum Gasteiger partial charge on any atom is 0.284 e. The molecule has 0 radical (unpaired) electrons. The van der Waals surface area contributed by atoms with Gasteiger partial charge < -0.3 is 4.42 Å². The summed E-state index contributed by atoms with van der Waals surface area (Å²) >= 11 is 4.82. The molecule has 6 nitrogen and oxygen atoms in total. The van der Waals surface area contributed by atoms with E-state index in [2.05, 4.69) is 15.2 Å². The Balaban J connectivity index is 2.24. The van der Waals surface area contributed by atoms with Crippen LogP contribution in [0.15, 0.2) is 33.5 Å². The second-order valence-corrected chi connectivity index (χ2v) is 4.45. The van der Waals surface area contributed by atoms with Gasteiger partial charge in [-0.2, -0.15) is 0 Å². The van der Waals surface area contributed by atoms with E-state index in [4.69, 9.17) is 16.6 Å². The van der Waals surface area contributed by atoms with Crippen molar-refractivity contribution >= 4 is 23.3 Å². The predicted molar refractivity (Wildman–Crippen MR) is 71.5 cm³/mol. The van der Waals surface area contributed by atoms with Crippen LogP contribution in [0.4, 0.5) is 0 Å². The molecule has 2 heterocycles. The van der Waals surface area contributed by atoms with Crippen LogP contribution in [0.1, 0.15) is 11.6 Å². The smallest absolute Gasteiger partial charge is 0.284 e. The maximum atomic E-state index is 12.2. The molecule has 0 saturated carbocycles. The minimum absolute atomic E-state index is 0.164. The lowest BCUT2D eigenvalue weighted by Gasteiger charge is -2.08. The molecule has 0 fully saturated rings. The van der Waals surface area contributed by atoms with Gasteiger partial charge >= 0.3 is 0 Å². The SMILES string of the molecule is Cc1nc2ccccc2n(Cc2n[nH]c(=S)o2)c1=O. The summed E-state index contributed by atoms with van der Waals surface area (Å²) < 4.78 is 6.77. The molecule has 2 aromatic heterocycles. The van der Waals surface area contributed by atoms with Crippen molar-refractivity contribution in [3.63, 3.8) is 0 Å². The van der Waals surface area contributed by atoms with Gasteiger partial charge in [0.1, 0.15) is 12.2 Å². The van der Waals surface area contributed by atoms with E-state index in [1.165, 1.54) is 0 Å². The molecule has 19 heavy (non-hydrogen) atoms. The summed E-state index contributed by atoms with van der Waals surface area (Å²) in [5.41, 5.74) is 1.77. The van der Waals surface area contributed by atoms with Crippen LogP contribution in [-0.4, -0.2) is 19.7 Å². The van der Waals surface area contributed by atoms with Gasteiger partial charge in [-0.1, -0.05) is 12.1 Å². The fraction of sp³-hybridized carbons (Fsp3) is 0.167. The van der Waals surface area contributed by atoms with Crippen LogP contribution in [-0.2, 0) is 6.54 Å². The van der Waals surface area contributed by atoms with Gasteiger partial charge in [-0.25, -0.2) is 10.1 Å². The Morgan fingerprint density at radius 1 is 1.42 bits per heavy atom. The fourth-order valence-corrected chi connectivity index (χ4v) is 2.08. The monoisotopic (exact) mass is 274 g/mol. The molecule has 3 aromatic rings. The Labute approximate surface area is 112 Å². The van der Waals surface area contributed by atoms with Gasteiger partial charge in [0.05, 0.1) is 11.0 Å². The summed E-state index contributed by atoms with van der Waals surface area (Å²) in [4.78, 5) is 16.7. The molecule has 0 saturated heterocycles. The number of aromatic nitrogens is 4. The van der Waals surface area contributed by atoms with Gasteiger partial charge in [0.15, 0.2) is 0 Å². The topological polar surface area (TPSA) is 76.7 Å². The van der Waals surface area contributed by atoms with Crippen molar-refractivity contribution in [3.05, 3.63) is 51.0 Å². The Hall–Kier alpha value is -2.28. The van der Waals surface area contributed by atoms with Crippen LogP contribution in [0.2, 0.25) is 0 Å². The summed E-state index contributed by atoms with van der Waals surface area (Å²) in [6.45, 7) is 1.90. The zero-order chi connectivity index (χ0) is 13.4. The molecular weight excluding hydrogens is 264 g/mol. The second kappa shape index (κ2) is 4.43. The van der Waals surface area contributed by atoms with E-state index in [0.29, 0.717) is 11.6 Å². The van der Waals surface area contributed by atoms with E-state index in [-0.39, 0.29) is 16.9 Å². The minimum Gasteiger partial charge on any atom is -0.412 e. The van der Waals surface area contributed by atoms with Crippen molar-refractivity contribution in [1.82, 2.24) is 19.7 Å². The highest BCUT2D eigenvalue weighted by atomic mass is 32.1. The zero-order valence-corrected chi connectivity index (χ0v) is 10.9. The predicted octanol–water partition coefficient (Wildman–Crippen LogP) is 1.80. The minimum atomic E-state index is -0.164. The zero-order valence-electron chi connectivity index (χ0n) is 10.1. The molecule has 96 valence electrons. The first-order chi connectivity index (χ1) is 9.15. The summed E-state index contributed by atoms with van der Waals surface area (Å²) in [6.07, 6.45) is 0. The van der Waals surface area contributed by atoms with Crippen LogP contribution in [0.3, 0.4) is 0 Å². The highest BCUT2D eigenvalue weighted by Crippen LogP contribution is 2.11. The Morgan fingerprint density at radius 2 is 2.21 bits per heavy atom. The lowest BCUT2D eigenvalue weighted by atomic mass is 10.3. The van der Waals surface area contributed by atoms with Crippen LogP contribution in [0.25, 0.3) is 11.0 Å². The van der Waals surface area contributed by atoms with E-state index in [1.807, 2.05) is 24.3 Å². The molecule has 0 aliphatic carbocycles. The standard InChI is InChI=1S/C12H10N4O2S/c1-7-11(17)16(6-10-14-15-12(19)18-10)9-5-3-2-4-8(9)13-7/h2-5H,6H2,1H3,(H,15,19). The maximum absolute atomic E-state index is 12.2. The summed E-state index contributed by atoms with van der Waals surface area (Å²) in [5, 5.41) is 6.45. The number of nitrogens with one attached hydrogen (secondary N) is 1. The molecule has 1 aromatic carbocycles. The molecule has 0 aliphatic rings. The number of aromatic amines is 1. The van der Waals surface area contributed by atoms with Crippen molar-refractivity contribution in [3.8, 4) is 0 Å². The summed E-state index contributed by atoms with van der Waals surface area (Å²) in [5.74, 6) is 0.364. The van der Waals surface area contributed by atoms with Crippen molar-refractivity contribution < 1.29 is 4.42 Å². The second-order valence-electron chi connectivity index (χ2n) is 4.08. The van der Waals surface area contributed by atoms with E-state index < -0.39 is 0 Å². The molecule has 7 heteroatoms. The van der Waals surface area contributed by atoms with Crippen LogP contribution in [0.5, 0.6) is 0 Å². The normalized spacial score (nSPS) is 11.0. The van der Waals surface area contributed by atoms with Gasteiger partial charge in [-0.05, 0) is 31.3 Å². The van der Waals surface area contributed by atoms with Crippen molar-refractivity contribution in [1.29, 1.82) is 0 Å². The van der Waals surface area contributed by atoms with E-state index in [9.17, 15) is 4.79 Å². The highest BCUT2D eigenvalue weighted by molar-refractivity contribution is 7.71. The van der Waals surface area contributed by atoms with Crippen LogP contribution >= 0.6 is 12.2 Å².